The Bertz CT molecular complexity index is 1150. The van der Waals surface area contributed by atoms with Gasteiger partial charge in [0.05, 0.1) is 22.6 Å². The molecule has 2 heterocycles. The van der Waals surface area contributed by atoms with E-state index >= 15 is 0 Å². The second-order valence-corrected chi connectivity index (χ2v) is 7.27. The first-order chi connectivity index (χ1) is 14.6. The van der Waals surface area contributed by atoms with Crippen molar-refractivity contribution in [2.45, 2.75) is 0 Å². The number of hydrogen-bond donors (Lipinski definition) is 2. The van der Waals surface area contributed by atoms with Crippen LogP contribution >= 0.6 is 11.3 Å². The van der Waals surface area contributed by atoms with Crippen LogP contribution in [-0.2, 0) is 0 Å². The number of amides is 2. The van der Waals surface area contributed by atoms with Gasteiger partial charge in [-0.25, -0.2) is 9.67 Å². The molecule has 0 aliphatic heterocycles. The summed E-state index contributed by atoms with van der Waals surface area (Å²) in [5.74, 6) is 0.149. The van der Waals surface area contributed by atoms with Crippen molar-refractivity contribution < 1.29 is 14.3 Å². The lowest BCUT2D eigenvalue weighted by atomic mass is 10.2. The molecular formula is C21H17N5O3S. The molecule has 2 aromatic carbocycles. The van der Waals surface area contributed by atoms with E-state index in [1.165, 1.54) is 6.33 Å². The maximum Gasteiger partial charge on any atom is 0.265 e. The van der Waals surface area contributed by atoms with Gasteiger partial charge in [-0.1, -0.05) is 0 Å². The largest absolute Gasteiger partial charge is 0.497 e. The smallest absolute Gasteiger partial charge is 0.265 e. The van der Waals surface area contributed by atoms with Crippen molar-refractivity contribution in [2.75, 3.05) is 17.7 Å². The lowest BCUT2D eigenvalue weighted by Gasteiger charge is -2.06. The van der Waals surface area contributed by atoms with Crippen LogP contribution in [0, 0.1) is 0 Å². The van der Waals surface area contributed by atoms with Crippen LogP contribution < -0.4 is 15.4 Å². The van der Waals surface area contributed by atoms with Crippen LogP contribution in [0.2, 0.25) is 0 Å². The number of hydrogen-bond acceptors (Lipinski definition) is 6. The average Bonchev–Trinajstić information content (AvgIpc) is 3.47. The molecule has 30 heavy (non-hydrogen) atoms. The summed E-state index contributed by atoms with van der Waals surface area (Å²) in [6.07, 6.45) is 3.05. The molecule has 0 radical (unpaired) electrons. The minimum absolute atomic E-state index is 0.276. The third-order valence-electron chi connectivity index (χ3n) is 4.21. The first-order valence-electron chi connectivity index (χ1n) is 8.94. The number of aromatic nitrogens is 3. The van der Waals surface area contributed by atoms with Crippen molar-refractivity contribution in [1.29, 1.82) is 0 Å². The fraction of sp³-hybridized carbons (Fsp3) is 0.0476. The van der Waals surface area contributed by atoms with E-state index < -0.39 is 0 Å². The van der Waals surface area contributed by atoms with Crippen LogP contribution in [0.1, 0.15) is 19.3 Å². The van der Waals surface area contributed by atoms with Gasteiger partial charge in [0.2, 0.25) is 0 Å². The molecule has 4 rings (SSSR count). The monoisotopic (exact) mass is 419 g/mol. The number of nitrogens with one attached hydrogen (secondary N) is 2. The number of benzene rings is 2. The van der Waals surface area contributed by atoms with Crippen molar-refractivity contribution in [2.24, 2.45) is 0 Å². The molecule has 4 aromatic rings. The van der Waals surface area contributed by atoms with Crippen molar-refractivity contribution in [1.82, 2.24) is 14.8 Å². The van der Waals surface area contributed by atoms with Crippen molar-refractivity contribution in [3.05, 3.63) is 83.1 Å². The summed E-state index contributed by atoms with van der Waals surface area (Å²) in [5, 5.41) is 9.69. The summed E-state index contributed by atoms with van der Waals surface area (Å²) < 4.78 is 6.72. The van der Waals surface area contributed by atoms with Gasteiger partial charge in [0.15, 0.2) is 0 Å². The molecule has 9 heteroatoms. The highest BCUT2D eigenvalue weighted by molar-refractivity contribution is 7.16. The van der Waals surface area contributed by atoms with Crippen LogP contribution in [0.5, 0.6) is 5.75 Å². The van der Waals surface area contributed by atoms with Gasteiger partial charge in [-0.2, -0.15) is 5.10 Å². The molecule has 0 atom stereocenters. The highest BCUT2D eigenvalue weighted by Gasteiger charge is 2.14. The maximum absolute atomic E-state index is 12.5. The standard InChI is InChI=1S/C21H17N5O3S/c1-29-17-8-4-15(5-9-17)25-21(28)19-11-10-18(30-19)20(27)24-14-2-6-16(7-3-14)26-13-22-12-23-26/h2-13H,1H3,(H,24,27)(H,25,28). The fourth-order valence-corrected chi connectivity index (χ4v) is 3.48. The summed E-state index contributed by atoms with van der Waals surface area (Å²) >= 11 is 1.13. The number of nitrogens with zero attached hydrogens (tertiary/aromatic N) is 3. The zero-order chi connectivity index (χ0) is 20.9. The zero-order valence-corrected chi connectivity index (χ0v) is 16.7. The molecule has 0 spiro atoms. The van der Waals surface area contributed by atoms with Gasteiger partial charge in [0.1, 0.15) is 18.4 Å². The molecule has 2 N–H and O–H groups in total. The second-order valence-electron chi connectivity index (χ2n) is 6.19. The Morgan fingerprint density at radius 1 is 0.867 bits per heavy atom. The predicted molar refractivity (Wildman–Crippen MR) is 115 cm³/mol. The fourth-order valence-electron chi connectivity index (χ4n) is 2.68. The number of methoxy groups -OCH3 is 1. The van der Waals surface area contributed by atoms with Crippen LogP contribution in [0.15, 0.2) is 73.3 Å². The van der Waals surface area contributed by atoms with Crippen LogP contribution in [-0.4, -0.2) is 33.7 Å². The van der Waals surface area contributed by atoms with Crippen LogP contribution in [0.4, 0.5) is 11.4 Å². The number of carbonyl (C=O) groups is 2. The van der Waals surface area contributed by atoms with E-state index in [2.05, 4.69) is 20.7 Å². The summed E-state index contributed by atoms with van der Waals surface area (Å²) in [4.78, 5) is 29.7. The minimum atomic E-state index is -0.281. The third kappa shape index (κ3) is 4.36. The molecular weight excluding hydrogens is 402 g/mol. The van der Waals surface area contributed by atoms with Crippen molar-refractivity contribution >= 4 is 34.5 Å². The Labute approximate surface area is 176 Å². The van der Waals surface area contributed by atoms with Gasteiger partial charge in [-0.15, -0.1) is 11.3 Å². The SMILES string of the molecule is COc1ccc(NC(=O)c2ccc(C(=O)Nc3ccc(-n4cncn4)cc3)s2)cc1. The Balaban J connectivity index is 1.39. The van der Waals surface area contributed by atoms with Crippen molar-refractivity contribution in [3.8, 4) is 11.4 Å². The van der Waals surface area contributed by atoms with Gasteiger partial charge >= 0.3 is 0 Å². The quantitative estimate of drug-likeness (QED) is 0.495. The topological polar surface area (TPSA) is 98.1 Å². The Kier molecular flexibility index (Phi) is 5.53. The molecule has 8 nitrogen and oxygen atoms in total. The first-order valence-corrected chi connectivity index (χ1v) is 9.76. The Hall–Kier alpha value is -3.98. The van der Waals surface area contributed by atoms with Crippen molar-refractivity contribution in [3.63, 3.8) is 0 Å². The minimum Gasteiger partial charge on any atom is -0.497 e. The molecule has 0 saturated carbocycles. The van der Waals surface area contributed by atoms with Gasteiger partial charge < -0.3 is 15.4 Å². The van der Waals surface area contributed by atoms with E-state index in [1.54, 1.807) is 66.6 Å². The number of ether oxygens (including phenoxy) is 1. The lowest BCUT2D eigenvalue weighted by molar-refractivity contribution is 0.102. The molecule has 0 fully saturated rings. The third-order valence-corrected chi connectivity index (χ3v) is 5.29. The Morgan fingerprint density at radius 3 is 1.93 bits per heavy atom. The number of anilines is 2. The number of thiophene rings is 1. The summed E-state index contributed by atoms with van der Waals surface area (Å²) in [7, 11) is 1.58. The zero-order valence-electron chi connectivity index (χ0n) is 15.9. The van der Waals surface area contributed by atoms with E-state index in [1.807, 2.05) is 12.1 Å². The molecule has 0 aliphatic rings. The van der Waals surface area contributed by atoms with E-state index in [9.17, 15) is 9.59 Å². The molecule has 150 valence electrons. The summed E-state index contributed by atoms with van der Waals surface area (Å²) in [5.41, 5.74) is 2.12. The maximum atomic E-state index is 12.5. The first kappa shape index (κ1) is 19.3. The number of rotatable bonds is 6. The summed E-state index contributed by atoms with van der Waals surface area (Å²) in [6, 6.07) is 17.5. The lowest BCUT2D eigenvalue weighted by Crippen LogP contribution is -2.11. The van der Waals surface area contributed by atoms with Gasteiger partial charge in [0, 0.05) is 11.4 Å². The normalized spacial score (nSPS) is 10.4. The molecule has 0 unspecified atom stereocenters. The molecule has 0 saturated heterocycles. The van der Waals surface area contributed by atoms with E-state index in [0.29, 0.717) is 26.9 Å². The van der Waals surface area contributed by atoms with Crippen LogP contribution in [0.3, 0.4) is 0 Å². The molecule has 2 amide bonds. The predicted octanol–water partition coefficient (Wildman–Crippen LogP) is 3.84. The Morgan fingerprint density at radius 2 is 1.43 bits per heavy atom. The molecule has 2 aromatic heterocycles. The summed E-state index contributed by atoms with van der Waals surface area (Å²) in [6.45, 7) is 0. The molecule has 0 aliphatic carbocycles. The van der Waals surface area contributed by atoms with Gasteiger partial charge in [-0.3, -0.25) is 9.59 Å². The van der Waals surface area contributed by atoms with E-state index in [4.69, 9.17) is 4.74 Å². The number of carbonyl (C=O) groups excluding carboxylic acids is 2. The highest BCUT2D eigenvalue weighted by atomic mass is 32.1. The van der Waals surface area contributed by atoms with Crippen LogP contribution in [0.25, 0.3) is 5.69 Å². The van der Waals surface area contributed by atoms with Gasteiger partial charge in [-0.05, 0) is 60.7 Å². The molecule has 0 bridgehead atoms. The van der Waals surface area contributed by atoms with Gasteiger partial charge in [0.25, 0.3) is 11.8 Å². The highest BCUT2D eigenvalue weighted by Crippen LogP contribution is 2.21. The van der Waals surface area contributed by atoms with E-state index in [-0.39, 0.29) is 11.8 Å². The van der Waals surface area contributed by atoms with E-state index in [0.717, 1.165) is 17.0 Å². The average molecular weight is 419 g/mol. The second kappa shape index (κ2) is 8.58.